The maximum atomic E-state index is 12.0. The van der Waals surface area contributed by atoms with E-state index in [1.165, 1.54) is 11.8 Å². The summed E-state index contributed by atoms with van der Waals surface area (Å²) in [6, 6.07) is -1.91. The minimum atomic E-state index is -4.78. The van der Waals surface area contributed by atoms with Crippen molar-refractivity contribution in [2.75, 3.05) is 6.54 Å². The van der Waals surface area contributed by atoms with Gasteiger partial charge in [-0.25, -0.2) is 4.79 Å². The summed E-state index contributed by atoms with van der Waals surface area (Å²) in [5.74, 6) is -0.548. The highest BCUT2D eigenvalue weighted by molar-refractivity contribution is 7.80. The Morgan fingerprint density at radius 2 is 2.15 bits per heavy atom. The Kier molecular flexibility index (Phi) is 3.67. The highest BCUT2D eigenvalue weighted by Gasteiger charge is 2.48. The highest BCUT2D eigenvalue weighted by atomic mass is 32.3. The highest BCUT2D eigenvalue weighted by Crippen LogP contribution is 2.30. The molecule has 2 atom stereocenters. The Morgan fingerprint density at radius 1 is 1.50 bits per heavy atom. The molecule has 2 aliphatic heterocycles. The first-order valence-electron chi connectivity index (χ1n) is 5.82. The van der Waals surface area contributed by atoms with Crippen molar-refractivity contribution in [3.8, 4) is 0 Å². The Hall–Kier alpha value is -1.72. The lowest BCUT2D eigenvalue weighted by molar-refractivity contribution is -0.117. The van der Waals surface area contributed by atoms with Crippen molar-refractivity contribution in [3.63, 3.8) is 0 Å². The van der Waals surface area contributed by atoms with Crippen molar-refractivity contribution in [1.82, 2.24) is 15.3 Å². The Balaban J connectivity index is 2.13. The van der Waals surface area contributed by atoms with Crippen molar-refractivity contribution >= 4 is 28.2 Å². The first-order chi connectivity index (χ1) is 9.19. The van der Waals surface area contributed by atoms with Gasteiger partial charge in [-0.15, -0.1) is 4.28 Å². The molecule has 20 heavy (non-hydrogen) atoms. The summed E-state index contributed by atoms with van der Waals surface area (Å²) >= 11 is 0. The molecule has 3 amide bonds. The molecule has 0 unspecified atom stereocenters. The number of amidine groups is 1. The summed E-state index contributed by atoms with van der Waals surface area (Å²) in [4.78, 5) is 24.2. The smallest absolute Gasteiger partial charge is 0.313 e. The monoisotopic (exact) mass is 306 g/mol. The molecule has 112 valence electrons. The van der Waals surface area contributed by atoms with E-state index in [1.807, 2.05) is 0 Å². The van der Waals surface area contributed by atoms with E-state index in [-0.39, 0.29) is 12.4 Å². The molecule has 2 saturated heterocycles. The van der Waals surface area contributed by atoms with E-state index in [9.17, 15) is 18.0 Å². The molecule has 3 N–H and O–H groups in total. The molecule has 2 heterocycles. The number of carbonyl (C=O) groups excluding carboxylic acids is 2. The van der Waals surface area contributed by atoms with Gasteiger partial charge in [-0.05, 0) is 12.8 Å². The number of rotatable bonds is 3. The third-order valence-corrected chi connectivity index (χ3v) is 3.49. The second kappa shape index (κ2) is 5.00. The van der Waals surface area contributed by atoms with Crippen LogP contribution in [0.15, 0.2) is 0 Å². The number of hydrogen-bond acceptors (Lipinski definition) is 6. The number of hydrogen-bond donors (Lipinski definition) is 3. The molecule has 0 aromatic rings. The molecule has 2 fully saturated rings. The third kappa shape index (κ3) is 2.89. The van der Waals surface area contributed by atoms with E-state index in [0.29, 0.717) is 17.9 Å². The normalized spacial score (nSPS) is 25.8. The summed E-state index contributed by atoms with van der Waals surface area (Å²) in [5, 5.41) is 10.6. The molecule has 10 nitrogen and oxygen atoms in total. The molecule has 0 aromatic carbocycles. The van der Waals surface area contributed by atoms with Crippen LogP contribution in [0.5, 0.6) is 0 Å². The first kappa shape index (κ1) is 14.7. The first-order valence-corrected chi connectivity index (χ1v) is 7.18. The number of carbonyl (C=O) groups is 2. The lowest BCUT2D eigenvalue weighted by Gasteiger charge is -2.30. The molecule has 11 heteroatoms. The second-order valence-electron chi connectivity index (χ2n) is 4.60. The molecule has 2 bridgehead atoms. The van der Waals surface area contributed by atoms with Crippen LogP contribution in [0.25, 0.3) is 0 Å². The topological polar surface area (TPSA) is 140 Å². The van der Waals surface area contributed by atoms with Crippen molar-refractivity contribution in [2.45, 2.75) is 31.8 Å². The fraction of sp³-hybridized carbons (Fsp3) is 0.667. The van der Waals surface area contributed by atoms with Crippen LogP contribution in [0.2, 0.25) is 0 Å². The van der Waals surface area contributed by atoms with Crippen LogP contribution in [-0.4, -0.2) is 59.3 Å². The van der Waals surface area contributed by atoms with E-state index in [4.69, 9.17) is 9.96 Å². The quantitative estimate of drug-likeness (QED) is 0.351. The number of nitrogens with zero attached hydrogens (tertiary/aromatic N) is 2. The standard InChI is InChI=1S/C9H14N4O6S/c1-5(14)11-8(10)7-3-2-6-4-12(7)9(15)13(6)19-20(16,17)18/h6-7H,2-4H2,1H3,(H2,10,11,14)(H,16,17,18)/t6-,7+/m1/s1. The molecular weight excluding hydrogens is 292 g/mol. The summed E-state index contributed by atoms with van der Waals surface area (Å²) in [7, 11) is -4.78. The lowest BCUT2D eigenvalue weighted by atomic mass is 10.00. The zero-order valence-electron chi connectivity index (χ0n) is 10.6. The Morgan fingerprint density at radius 3 is 2.70 bits per heavy atom. The number of hydroxylamine groups is 2. The number of piperidine rings is 1. The van der Waals surface area contributed by atoms with E-state index in [2.05, 4.69) is 9.60 Å². The second-order valence-corrected chi connectivity index (χ2v) is 5.61. The third-order valence-electron chi connectivity index (χ3n) is 3.14. The largest absolute Gasteiger partial charge is 0.418 e. The van der Waals surface area contributed by atoms with Crippen LogP contribution in [0, 0.1) is 5.41 Å². The van der Waals surface area contributed by atoms with Gasteiger partial charge in [0.1, 0.15) is 5.84 Å². The fourth-order valence-corrected chi connectivity index (χ4v) is 2.79. The number of urea groups is 1. The predicted octanol–water partition coefficient (Wildman–Crippen LogP) is -0.897. The summed E-state index contributed by atoms with van der Waals surface area (Å²) in [5.41, 5.74) is 0. The van der Waals surface area contributed by atoms with Crippen molar-refractivity contribution in [3.05, 3.63) is 0 Å². The Labute approximate surface area is 115 Å². The van der Waals surface area contributed by atoms with E-state index >= 15 is 0 Å². The number of nitrogens with one attached hydrogen (secondary N) is 2. The average Bonchev–Trinajstić information content (AvgIpc) is 2.52. The fourth-order valence-electron chi connectivity index (χ4n) is 2.40. The average molecular weight is 306 g/mol. The molecule has 0 saturated carbocycles. The van der Waals surface area contributed by atoms with Crippen molar-refractivity contribution < 1.29 is 26.8 Å². The number of fused-ring (bicyclic) bond motifs is 2. The summed E-state index contributed by atoms with van der Waals surface area (Å²) < 4.78 is 34.3. The van der Waals surface area contributed by atoms with Crippen LogP contribution in [0.4, 0.5) is 4.79 Å². The van der Waals surface area contributed by atoms with Crippen LogP contribution in [-0.2, 0) is 19.5 Å². The molecule has 0 aliphatic carbocycles. The van der Waals surface area contributed by atoms with Crippen molar-refractivity contribution in [2.24, 2.45) is 0 Å². The SMILES string of the molecule is CC(=O)NC(=N)[C@@H]1CC[C@@H]2CN1C(=O)N2OS(=O)(=O)O. The molecule has 2 rings (SSSR count). The maximum absolute atomic E-state index is 12.0. The minimum Gasteiger partial charge on any atom is -0.313 e. The zero-order valence-corrected chi connectivity index (χ0v) is 11.4. The minimum absolute atomic E-state index is 0.127. The van der Waals surface area contributed by atoms with Gasteiger partial charge in [0.15, 0.2) is 0 Å². The Bertz CT molecular complexity index is 561. The summed E-state index contributed by atoms with van der Waals surface area (Å²) in [6.45, 7) is 1.42. The van der Waals surface area contributed by atoms with Crippen LogP contribution < -0.4 is 5.32 Å². The van der Waals surface area contributed by atoms with Gasteiger partial charge in [0.25, 0.3) is 0 Å². The van der Waals surface area contributed by atoms with Crippen molar-refractivity contribution in [1.29, 1.82) is 5.41 Å². The number of amides is 3. The van der Waals surface area contributed by atoms with Gasteiger partial charge in [0.05, 0.1) is 12.1 Å². The summed E-state index contributed by atoms with van der Waals surface area (Å²) in [6.07, 6.45) is 0.783. The van der Waals surface area contributed by atoms with Crippen LogP contribution in [0.3, 0.4) is 0 Å². The van der Waals surface area contributed by atoms with Gasteiger partial charge < -0.3 is 10.2 Å². The van der Waals surface area contributed by atoms with Gasteiger partial charge >= 0.3 is 16.4 Å². The molecular formula is C9H14N4O6S. The molecule has 2 aliphatic rings. The maximum Gasteiger partial charge on any atom is 0.418 e. The predicted molar refractivity (Wildman–Crippen MR) is 64.9 cm³/mol. The van der Waals surface area contributed by atoms with Gasteiger partial charge in [-0.3, -0.25) is 14.8 Å². The molecule has 0 aromatic heterocycles. The molecule has 0 spiro atoms. The van der Waals surface area contributed by atoms with E-state index < -0.39 is 34.4 Å². The van der Waals surface area contributed by atoms with Crippen LogP contribution >= 0.6 is 0 Å². The van der Waals surface area contributed by atoms with Gasteiger partial charge in [-0.2, -0.15) is 13.5 Å². The zero-order chi connectivity index (χ0) is 15.1. The van der Waals surface area contributed by atoms with Crippen LogP contribution in [0.1, 0.15) is 19.8 Å². The molecule has 0 radical (unpaired) electrons. The lowest BCUT2D eigenvalue weighted by Crippen LogP contribution is -2.50. The van der Waals surface area contributed by atoms with Gasteiger partial charge in [0, 0.05) is 13.5 Å². The van der Waals surface area contributed by atoms with Gasteiger partial charge in [0.2, 0.25) is 5.91 Å². The van der Waals surface area contributed by atoms with Gasteiger partial charge in [-0.1, -0.05) is 0 Å². The van der Waals surface area contributed by atoms with E-state index in [0.717, 1.165) is 0 Å². The van der Waals surface area contributed by atoms with E-state index in [1.54, 1.807) is 0 Å².